The van der Waals surface area contributed by atoms with Gasteiger partial charge in [0.1, 0.15) is 23.7 Å². The maximum atomic E-state index is 12.2. The van der Waals surface area contributed by atoms with E-state index in [0.717, 1.165) is 24.2 Å². The number of amides is 1. The monoisotopic (exact) mass is 421 g/mol. The Labute approximate surface area is 185 Å². The number of hydrogen-bond acceptors (Lipinski definition) is 4. The summed E-state index contributed by atoms with van der Waals surface area (Å²) in [6, 6.07) is 15.6. The fraction of sp³-hybridized carbons (Fsp3) is 0.423. The first-order valence-electron chi connectivity index (χ1n) is 10.7. The normalized spacial score (nSPS) is 14.6. The number of likely N-dealkylation sites (tertiary alicyclic amines) is 1. The zero-order valence-corrected chi connectivity index (χ0v) is 18.6. The molecule has 164 valence electrons. The Morgan fingerprint density at radius 2 is 1.81 bits per heavy atom. The molecule has 1 amide bonds. The van der Waals surface area contributed by atoms with Crippen LogP contribution in [-0.2, 0) is 11.3 Å². The zero-order valence-electron chi connectivity index (χ0n) is 18.6. The van der Waals surface area contributed by atoms with Crippen molar-refractivity contribution in [3.8, 4) is 23.8 Å². The minimum absolute atomic E-state index is 0.243. The van der Waals surface area contributed by atoms with Crippen LogP contribution < -0.4 is 9.47 Å². The van der Waals surface area contributed by atoms with Crippen LogP contribution in [0, 0.1) is 18.3 Å². The average molecular weight is 422 g/mol. The predicted molar refractivity (Wildman–Crippen MR) is 121 cm³/mol. The van der Waals surface area contributed by atoms with Gasteiger partial charge in [-0.15, -0.1) is 6.42 Å². The van der Waals surface area contributed by atoms with Crippen molar-refractivity contribution in [2.24, 2.45) is 5.92 Å². The predicted octanol–water partition coefficient (Wildman–Crippen LogP) is 5.27. The van der Waals surface area contributed by atoms with Crippen LogP contribution in [0.2, 0.25) is 0 Å². The van der Waals surface area contributed by atoms with Gasteiger partial charge in [0.05, 0.1) is 12.2 Å². The van der Waals surface area contributed by atoms with Crippen molar-refractivity contribution in [1.29, 1.82) is 0 Å². The number of piperidine rings is 1. The van der Waals surface area contributed by atoms with Gasteiger partial charge in [0.15, 0.2) is 0 Å². The zero-order chi connectivity index (χ0) is 22.3. The highest BCUT2D eigenvalue weighted by Gasteiger charge is 2.27. The molecule has 1 aliphatic rings. The molecular formula is C26H31NO4. The molecule has 1 saturated heterocycles. The Morgan fingerprint density at radius 3 is 2.45 bits per heavy atom. The van der Waals surface area contributed by atoms with E-state index in [-0.39, 0.29) is 6.09 Å². The van der Waals surface area contributed by atoms with Crippen molar-refractivity contribution in [1.82, 2.24) is 4.90 Å². The summed E-state index contributed by atoms with van der Waals surface area (Å²) in [5, 5.41) is 0. The smallest absolute Gasteiger partial charge is 0.410 e. The quantitative estimate of drug-likeness (QED) is 0.596. The SMILES string of the molecule is C#Cc1cc(OCc2ccccc2)ccc1OCC1CCN(C(=O)OC(C)(C)C)CC1. The lowest BCUT2D eigenvalue weighted by atomic mass is 9.98. The van der Waals surface area contributed by atoms with Crippen LogP contribution in [0.4, 0.5) is 4.79 Å². The number of carbonyl (C=O) groups is 1. The molecule has 2 aromatic rings. The Morgan fingerprint density at radius 1 is 1.10 bits per heavy atom. The maximum Gasteiger partial charge on any atom is 0.410 e. The van der Waals surface area contributed by atoms with Crippen LogP contribution in [-0.4, -0.2) is 36.3 Å². The molecule has 2 aromatic carbocycles. The highest BCUT2D eigenvalue weighted by molar-refractivity contribution is 5.68. The third-order valence-electron chi connectivity index (χ3n) is 5.10. The van der Waals surface area contributed by atoms with Crippen molar-refractivity contribution >= 4 is 6.09 Å². The number of nitrogens with zero attached hydrogens (tertiary/aromatic N) is 1. The van der Waals surface area contributed by atoms with Gasteiger partial charge in [-0.2, -0.15) is 0 Å². The van der Waals surface area contributed by atoms with Gasteiger partial charge in [0.2, 0.25) is 0 Å². The minimum atomic E-state index is -0.473. The summed E-state index contributed by atoms with van der Waals surface area (Å²) in [5.41, 5.74) is 1.30. The molecule has 5 heteroatoms. The molecule has 0 spiro atoms. The number of benzene rings is 2. The first-order chi connectivity index (χ1) is 14.8. The molecule has 0 aliphatic carbocycles. The molecule has 1 fully saturated rings. The summed E-state index contributed by atoms with van der Waals surface area (Å²) >= 11 is 0. The molecule has 0 aromatic heterocycles. The second-order valence-corrected chi connectivity index (χ2v) is 8.80. The van der Waals surface area contributed by atoms with E-state index in [1.54, 1.807) is 4.90 Å². The van der Waals surface area contributed by atoms with E-state index in [4.69, 9.17) is 20.6 Å². The van der Waals surface area contributed by atoms with Crippen LogP contribution in [0.5, 0.6) is 11.5 Å². The van der Waals surface area contributed by atoms with Crippen LogP contribution in [0.3, 0.4) is 0 Å². The first-order valence-corrected chi connectivity index (χ1v) is 10.7. The standard InChI is InChI=1S/C26H31NO4/c1-5-22-17-23(29-18-20-9-7-6-8-10-20)11-12-24(22)30-19-21-13-15-27(16-14-21)25(28)31-26(2,3)4/h1,6-12,17,21H,13-16,18-19H2,2-4H3. The van der Waals surface area contributed by atoms with Crippen molar-refractivity contribution in [2.75, 3.05) is 19.7 Å². The number of terminal acetylenes is 1. The van der Waals surface area contributed by atoms with Gasteiger partial charge in [-0.25, -0.2) is 4.79 Å². The molecule has 0 radical (unpaired) electrons. The molecule has 1 aliphatic heterocycles. The summed E-state index contributed by atoms with van der Waals surface area (Å²) in [4.78, 5) is 14.0. The molecular weight excluding hydrogens is 390 g/mol. The second-order valence-electron chi connectivity index (χ2n) is 8.80. The lowest BCUT2D eigenvalue weighted by molar-refractivity contribution is 0.0165. The molecule has 3 rings (SSSR count). The van der Waals surface area contributed by atoms with Crippen LogP contribution in [0.25, 0.3) is 0 Å². The van der Waals surface area contributed by atoms with Crippen molar-refractivity contribution in [3.05, 3.63) is 59.7 Å². The average Bonchev–Trinajstić information content (AvgIpc) is 2.76. The van der Waals surface area contributed by atoms with Crippen molar-refractivity contribution < 1.29 is 19.0 Å². The largest absolute Gasteiger partial charge is 0.492 e. The molecule has 0 saturated carbocycles. The molecule has 31 heavy (non-hydrogen) atoms. The summed E-state index contributed by atoms with van der Waals surface area (Å²) in [6.07, 6.45) is 7.21. The van der Waals surface area contributed by atoms with E-state index in [0.29, 0.717) is 43.5 Å². The third-order valence-corrected chi connectivity index (χ3v) is 5.10. The van der Waals surface area contributed by atoms with Crippen LogP contribution in [0.15, 0.2) is 48.5 Å². The molecule has 0 bridgehead atoms. The Bertz CT molecular complexity index is 903. The van der Waals surface area contributed by atoms with Crippen molar-refractivity contribution in [3.63, 3.8) is 0 Å². The molecule has 0 unspecified atom stereocenters. The maximum absolute atomic E-state index is 12.2. The van der Waals surface area contributed by atoms with Gasteiger partial charge in [-0.1, -0.05) is 36.3 Å². The molecule has 0 atom stereocenters. The lowest BCUT2D eigenvalue weighted by Gasteiger charge is -2.33. The van der Waals surface area contributed by atoms with E-state index in [9.17, 15) is 4.79 Å². The fourth-order valence-corrected chi connectivity index (χ4v) is 3.39. The van der Waals surface area contributed by atoms with Crippen molar-refractivity contribution in [2.45, 2.75) is 45.8 Å². The summed E-state index contributed by atoms with van der Waals surface area (Å²) in [5.74, 6) is 4.47. The number of rotatable bonds is 6. The fourth-order valence-electron chi connectivity index (χ4n) is 3.39. The van der Waals surface area contributed by atoms with Gasteiger partial charge in [0.25, 0.3) is 0 Å². The molecule has 1 heterocycles. The van der Waals surface area contributed by atoms with E-state index in [1.165, 1.54) is 0 Å². The Kier molecular flexibility index (Phi) is 7.46. The topological polar surface area (TPSA) is 48.0 Å². The van der Waals surface area contributed by atoms with E-state index in [2.05, 4.69) is 5.92 Å². The molecule has 5 nitrogen and oxygen atoms in total. The highest BCUT2D eigenvalue weighted by atomic mass is 16.6. The summed E-state index contributed by atoms with van der Waals surface area (Å²) < 4.78 is 17.3. The minimum Gasteiger partial charge on any atom is -0.492 e. The lowest BCUT2D eigenvalue weighted by Crippen LogP contribution is -2.42. The van der Waals surface area contributed by atoms with Gasteiger partial charge < -0.3 is 19.1 Å². The van der Waals surface area contributed by atoms with Crippen LogP contribution >= 0.6 is 0 Å². The number of carbonyl (C=O) groups excluding carboxylic acids is 1. The number of ether oxygens (including phenoxy) is 3. The van der Waals surface area contributed by atoms with Gasteiger partial charge in [0, 0.05) is 13.1 Å². The molecule has 0 N–H and O–H groups in total. The van der Waals surface area contributed by atoms with Gasteiger partial charge in [-0.05, 0) is 63.3 Å². The summed E-state index contributed by atoms with van der Waals surface area (Å²) in [6.45, 7) is 8.06. The first kappa shape index (κ1) is 22.6. The third kappa shape index (κ3) is 6.96. The van der Waals surface area contributed by atoms with Gasteiger partial charge >= 0.3 is 6.09 Å². The van der Waals surface area contributed by atoms with Crippen LogP contribution in [0.1, 0.15) is 44.7 Å². The number of hydrogen-bond donors (Lipinski definition) is 0. The Balaban J connectivity index is 1.48. The van der Waals surface area contributed by atoms with E-state index in [1.807, 2.05) is 69.3 Å². The second kappa shape index (κ2) is 10.3. The van der Waals surface area contributed by atoms with E-state index < -0.39 is 5.60 Å². The Hall–Kier alpha value is -3.13. The van der Waals surface area contributed by atoms with E-state index >= 15 is 0 Å². The van der Waals surface area contributed by atoms with Gasteiger partial charge in [-0.3, -0.25) is 0 Å². The summed E-state index contributed by atoms with van der Waals surface area (Å²) in [7, 11) is 0. The highest BCUT2D eigenvalue weighted by Crippen LogP contribution is 2.26.